The Kier molecular flexibility index (Phi) is 8.06. The molecule has 3 aromatic rings. The van der Waals surface area contributed by atoms with Crippen LogP contribution in [0.2, 0.25) is 0 Å². The van der Waals surface area contributed by atoms with Gasteiger partial charge in [-0.15, -0.1) is 0 Å². The molecule has 0 unspecified atom stereocenters. The van der Waals surface area contributed by atoms with Gasteiger partial charge in [-0.2, -0.15) is 13.7 Å². The van der Waals surface area contributed by atoms with E-state index in [0.29, 0.717) is 15.7 Å². The summed E-state index contributed by atoms with van der Waals surface area (Å²) in [6.07, 6.45) is 1.23. The van der Waals surface area contributed by atoms with Crippen LogP contribution in [0.15, 0.2) is 81.7 Å². The Hall–Kier alpha value is -3.94. The molecule has 0 aromatic heterocycles. The zero-order valence-corrected chi connectivity index (χ0v) is 21.0. The van der Waals surface area contributed by atoms with E-state index in [1.165, 1.54) is 61.7 Å². The van der Waals surface area contributed by atoms with Crippen LogP contribution < -0.4 is 9.50 Å². The first-order valence-electron chi connectivity index (χ1n) is 10.0. The first-order chi connectivity index (χ1) is 16.6. The molecular weight excluding hydrogens is 536 g/mol. The molecule has 1 amide bonds. The fourth-order valence-corrected chi connectivity index (χ4v) is 4.22. The number of halogens is 1. The van der Waals surface area contributed by atoms with Crippen molar-refractivity contribution >= 4 is 49.7 Å². The minimum Gasteiger partial charge on any atom is -0.465 e. The van der Waals surface area contributed by atoms with Gasteiger partial charge in [0, 0.05) is 15.7 Å². The van der Waals surface area contributed by atoms with Gasteiger partial charge in [0.15, 0.2) is 0 Å². The average molecular weight is 555 g/mol. The third-order valence-corrected chi connectivity index (χ3v) is 6.45. The van der Waals surface area contributed by atoms with Gasteiger partial charge < -0.3 is 14.2 Å². The molecule has 35 heavy (non-hydrogen) atoms. The van der Waals surface area contributed by atoms with Crippen LogP contribution in [0, 0.1) is 18.3 Å². The fraction of sp³-hybridized carbons (Fsp3) is 0.0800. The Morgan fingerprint density at radius 1 is 1.03 bits per heavy atom. The van der Waals surface area contributed by atoms with E-state index in [1.807, 2.05) is 13.0 Å². The smallest absolute Gasteiger partial charge is 0.339 e. The van der Waals surface area contributed by atoms with E-state index in [4.69, 9.17) is 4.18 Å². The first kappa shape index (κ1) is 25.7. The number of nitrogens with one attached hydrogen (secondary N) is 1. The molecule has 0 heterocycles. The number of carbonyl (C=O) groups excluding carboxylic acids is 2. The molecule has 0 aliphatic heterocycles. The lowest BCUT2D eigenvalue weighted by atomic mass is 10.1. The van der Waals surface area contributed by atoms with Gasteiger partial charge >= 0.3 is 16.1 Å². The lowest BCUT2D eigenvalue weighted by Gasteiger charge is -2.11. The molecule has 178 valence electrons. The summed E-state index contributed by atoms with van der Waals surface area (Å²) >= 11 is 3.30. The highest BCUT2D eigenvalue weighted by atomic mass is 79.9. The predicted octanol–water partition coefficient (Wildman–Crippen LogP) is 4.86. The van der Waals surface area contributed by atoms with Crippen LogP contribution >= 0.6 is 15.9 Å². The van der Waals surface area contributed by atoms with E-state index in [-0.39, 0.29) is 21.8 Å². The Labute approximate surface area is 211 Å². The van der Waals surface area contributed by atoms with Crippen LogP contribution in [-0.4, -0.2) is 27.4 Å². The first-order valence-corrected chi connectivity index (χ1v) is 12.3. The van der Waals surface area contributed by atoms with E-state index in [2.05, 4.69) is 26.0 Å². The number of aryl methyl sites for hydroxylation is 1. The van der Waals surface area contributed by atoms with Crippen LogP contribution in [0.3, 0.4) is 0 Å². The standard InChI is InChI=1S/C25H19BrN2O6S/c1-16-3-10-22(11-4-16)35(31,32)34-23-12-7-20(26)14-18(23)13-19(15-27)24(29)28-21-8-5-17(6-9-21)25(30)33-2/h3-14H,1-2H3,(H,28,29)/b19-13+. The van der Waals surface area contributed by atoms with Gasteiger partial charge in [0.1, 0.15) is 22.3 Å². The Bertz CT molecular complexity index is 1440. The van der Waals surface area contributed by atoms with Crippen LogP contribution in [0.5, 0.6) is 5.75 Å². The fourth-order valence-electron chi connectivity index (χ4n) is 2.89. The maximum absolute atomic E-state index is 12.7. The number of rotatable bonds is 7. The number of anilines is 1. The number of benzene rings is 3. The molecular formula is C25H19BrN2O6S. The van der Waals surface area contributed by atoms with E-state index < -0.39 is 22.0 Å². The molecule has 0 radical (unpaired) electrons. The van der Waals surface area contributed by atoms with Crippen molar-refractivity contribution in [2.45, 2.75) is 11.8 Å². The van der Waals surface area contributed by atoms with E-state index in [9.17, 15) is 23.3 Å². The van der Waals surface area contributed by atoms with Gasteiger partial charge in [-0.05, 0) is 67.6 Å². The van der Waals surface area contributed by atoms with Gasteiger partial charge in [0.2, 0.25) is 0 Å². The van der Waals surface area contributed by atoms with Crippen LogP contribution in [0.4, 0.5) is 5.69 Å². The number of nitrogens with zero attached hydrogens (tertiary/aromatic N) is 1. The van der Waals surface area contributed by atoms with Crippen molar-refractivity contribution in [3.05, 3.63) is 93.5 Å². The van der Waals surface area contributed by atoms with Gasteiger partial charge in [-0.1, -0.05) is 33.6 Å². The Balaban J connectivity index is 1.88. The van der Waals surface area contributed by atoms with Crippen LogP contribution in [-0.2, 0) is 19.6 Å². The molecule has 0 saturated heterocycles. The van der Waals surface area contributed by atoms with Crippen molar-refractivity contribution in [3.63, 3.8) is 0 Å². The maximum Gasteiger partial charge on any atom is 0.339 e. The van der Waals surface area contributed by atoms with Crippen molar-refractivity contribution in [1.29, 1.82) is 5.26 Å². The number of esters is 1. The van der Waals surface area contributed by atoms with Crippen molar-refractivity contribution in [2.24, 2.45) is 0 Å². The van der Waals surface area contributed by atoms with Crippen molar-refractivity contribution in [3.8, 4) is 11.8 Å². The summed E-state index contributed by atoms with van der Waals surface area (Å²) in [6, 6.07) is 18.4. The van der Waals surface area contributed by atoms with E-state index in [0.717, 1.165) is 5.56 Å². The van der Waals surface area contributed by atoms with Crippen molar-refractivity contribution in [1.82, 2.24) is 0 Å². The molecule has 3 rings (SSSR count). The van der Waals surface area contributed by atoms with Crippen LogP contribution in [0.1, 0.15) is 21.5 Å². The summed E-state index contributed by atoms with van der Waals surface area (Å²) in [5, 5.41) is 12.1. The van der Waals surface area contributed by atoms with Gasteiger partial charge in [0.25, 0.3) is 5.91 Å². The van der Waals surface area contributed by atoms with Crippen molar-refractivity contribution in [2.75, 3.05) is 12.4 Å². The topological polar surface area (TPSA) is 123 Å². The second-order valence-corrected chi connectivity index (χ2v) is 9.69. The van der Waals surface area contributed by atoms with Gasteiger partial charge in [-0.25, -0.2) is 4.79 Å². The monoisotopic (exact) mass is 554 g/mol. The van der Waals surface area contributed by atoms with E-state index in [1.54, 1.807) is 18.2 Å². The van der Waals surface area contributed by atoms with Gasteiger partial charge in [-0.3, -0.25) is 4.79 Å². The molecule has 10 heteroatoms. The lowest BCUT2D eigenvalue weighted by molar-refractivity contribution is -0.112. The Morgan fingerprint density at radius 3 is 2.29 bits per heavy atom. The second kappa shape index (κ2) is 11.0. The molecule has 0 aliphatic rings. The minimum absolute atomic E-state index is 0.0328. The zero-order chi connectivity index (χ0) is 25.6. The molecule has 0 fully saturated rings. The molecule has 0 atom stereocenters. The SMILES string of the molecule is COC(=O)c1ccc(NC(=O)/C(C#N)=C/c2cc(Br)ccc2OS(=O)(=O)c2ccc(C)cc2)cc1. The second-order valence-electron chi connectivity index (χ2n) is 7.23. The summed E-state index contributed by atoms with van der Waals surface area (Å²) < 4.78 is 36.0. The Morgan fingerprint density at radius 2 is 1.69 bits per heavy atom. The number of ether oxygens (including phenoxy) is 1. The largest absolute Gasteiger partial charge is 0.465 e. The maximum atomic E-state index is 12.7. The average Bonchev–Trinajstić information content (AvgIpc) is 2.84. The molecule has 8 nitrogen and oxygen atoms in total. The third-order valence-electron chi connectivity index (χ3n) is 4.71. The number of carbonyl (C=O) groups is 2. The number of methoxy groups -OCH3 is 1. The minimum atomic E-state index is -4.16. The van der Waals surface area contributed by atoms with Crippen molar-refractivity contribution < 1.29 is 26.9 Å². The number of amides is 1. The molecule has 0 aliphatic carbocycles. The van der Waals surface area contributed by atoms with E-state index >= 15 is 0 Å². The normalized spacial score (nSPS) is 11.3. The lowest BCUT2D eigenvalue weighted by Crippen LogP contribution is -2.14. The molecule has 0 spiro atoms. The summed E-state index contributed by atoms with van der Waals surface area (Å²) in [7, 11) is -2.90. The predicted molar refractivity (Wildman–Crippen MR) is 133 cm³/mol. The third kappa shape index (κ3) is 6.56. The molecule has 1 N–H and O–H groups in total. The summed E-state index contributed by atoms with van der Waals surface area (Å²) in [4.78, 5) is 24.2. The zero-order valence-electron chi connectivity index (χ0n) is 18.6. The summed E-state index contributed by atoms with van der Waals surface area (Å²) in [5.74, 6) is -1.31. The number of hydrogen-bond donors (Lipinski definition) is 1. The highest BCUT2D eigenvalue weighted by Gasteiger charge is 2.19. The number of nitriles is 1. The molecule has 3 aromatic carbocycles. The highest BCUT2D eigenvalue weighted by Crippen LogP contribution is 2.29. The summed E-state index contributed by atoms with van der Waals surface area (Å²) in [5.41, 5.74) is 1.44. The quantitative estimate of drug-likeness (QED) is 0.191. The van der Waals surface area contributed by atoms with Gasteiger partial charge in [0.05, 0.1) is 12.7 Å². The number of hydrogen-bond acceptors (Lipinski definition) is 7. The molecule has 0 bridgehead atoms. The highest BCUT2D eigenvalue weighted by molar-refractivity contribution is 9.10. The van der Waals surface area contributed by atoms with Crippen LogP contribution in [0.25, 0.3) is 6.08 Å². The molecule has 0 saturated carbocycles. The summed E-state index contributed by atoms with van der Waals surface area (Å²) in [6.45, 7) is 1.83.